The zero-order valence-electron chi connectivity index (χ0n) is 9.15. The number of rotatable bonds is 0. The average Bonchev–Trinajstić information content (AvgIpc) is 2.45. The smallest absolute Gasteiger partial charge is 0.229 e. The third-order valence-electron chi connectivity index (χ3n) is 2.70. The highest BCUT2D eigenvalue weighted by Gasteiger charge is 2.44. The Balaban J connectivity index is 2.25. The van der Waals surface area contributed by atoms with Crippen LogP contribution in [-0.2, 0) is 9.59 Å². The fourth-order valence-electron chi connectivity index (χ4n) is 1.93. The summed E-state index contributed by atoms with van der Waals surface area (Å²) < 4.78 is 0. The summed E-state index contributed by atoms with van der Waals surface area (Å²) >= 11 is 0. The summed E-state index contributed by atoms with van der Waals surface area (Å²) in [7, 11) is 0. The van der Waals surface area contributed by atoms with Gasteiger partial charge in [-0.3, -0.25) is 14.6 Å². The summed E-state index contributed by atoms with van der Waals surface area (Å²) in [5, 5.41) is 2.81. The number of ketones is 1. The molecule has 1 fully saturated rings. The van der Waals surface area contributed by atoms with Crippen LogP contribution in [0.2, 0.25) is 0 Å². The van der Waals surface area contributed by atoms with Gasteiger partial charge in [0.25, 0.3) is 0 Å². The van der Waals surface area contributed by atoms with Crippen molar-refractivity contribution in [1.82, 2.24) is 10.2 Å². The Morgan fingerprint density at radius 1 is 1.47 bits per heavy atom. The molecule has 1 N–H and O–H groups in total. The van der Waals surface area contributed by atoms with Gasteiger partial charge in [-0.15, -0.1) is 0 Å². The Bertz CT molecular complexity index is 343. The first-order valence-corrected chi connectivity index (χ1v) is 5.03. The number of amides is 1. The molecular formula is C10H15N3O2. The van der Waals surface area contributed by atoms with Crippen molar-refractivity contribution in [3.8, 4) is 0 Å². The maximum atomic E-state index is 11.6. The zero-order valence-corrected chi connectivity index (χ0v) is 9.15. The third kappa shape index (κ3) is 1.62. The number of Topliss-reactive ketones (excluding diaryl/α,β-unsaturated/α-hetero) is 1. The van der Waals surface area contributed by atoms with Crippen LogP contribution < -0.4 is 5.32 Å². The molecule has 82 valence electrons. The molecule has 1 amide bonds. The van der Waals surface area contributed by atoms with Crippen molar-refractivity contribution in [1.29, 1.82) is 0 Å². The molecule has 0 aromatic rings. The minimum atomic E-state index is -0.415. The molecule has 2 unspecified atom stereocenters. The van der Waals surface area contributed by atoms with Gasteiger partial charge in [-0.25, -0.2) is 0 Å². The second kappa shape index (κ2) is 3.05. The topological polar surface area (TPSA) is 61.8 Å². The van der Waals surface area contributed by atoms with Gasteiger partial charge < -0.3 is 10.2 Å². The number of carbonyl (C=O) groups is 2. The number of fused-ring (bicyclic) bond motifs is 1. The van der Waals surface area contributed by atoms with Crippen LogP contribution in [0.25, 0.3) is 0 Å². The first kappa shape index (κ1) is 10.1. The molecule has 2 aliphatic rings. The monoisotopic (exact) mass is 209 g/mol. The highest BCUT2D eigenvalue weighted by Crippen LogP contribution is 2.24. The van der Waals surface area contributed by atoms with E-state index in [-0.39, 0.29) is 29.8 Å². The maximum absolute atomic E-state index is 11.6. The van der Waals surface area contributed by atoms with Gasteiger partial charge in [-0.05, 0) is 20.8 Å². The first-order valence-electron chi connectivity index (χ1n) is 5.03. The molecule has 0 spiro atoms. The molecule has 1 saturated heterocycles. The predicted octanol–water partition coefficient (Wildman–Crippen LogP) is -0.0875. The van der Waals surface area contributed by atoms with E-state index in [1.165, 1.54) is 0 Å². The Hall–Kier alpha value is -1.39. The summed E-state index contributed by atoms with van der Waals surface area (Å²) in [6, 6.07) is -0.415. The molecular weight excluding hydrogens is 194 g/mol. The van der Waals surface area contributed by atoms with E-state index < -0.39 is 6.04 Å². The summed E-state index contributed by atoms with van der Waals surface area (Å²) in [5.74, 6) is -0.298. The quantitative estimate of drug-likeness (QED) is 0.567. The molecule has 2 aliphatic heterocycles. The lowest BCUT2D eigenvalue weighted by Gasteiger charge is -2.39. The summed E-state index contributed by atoms with van der Waals surface area (Å²) in [6.45, 7) is 6.06. The van der Waals surface area contributed by atoms with Gasteiger partial charge >= 0.3 is 0 Å². The van der Waals surface area contributed by atoms with E-state index in [9.17, 15) is 9.59 Å². The van der Waals surface area contributed by atoms with Gasteiger partial charge in [0.1, 0.15) is 12.2 Å². The second-order valence-electron chi connectivity index (χ2n) is 4.94. The maximum Gasteiger partial charge on any atom is 0.229 e. The van der Waals surface area contributed by atoms with Gasteiger partial charge in [0.2, 0.25) is 5.91 Å². The van der Waals surface area contributed by atoms with Crippen LogP contribution >= 0.6 is 0 Å². The fraction of sp³-hybridized carbons (Fsp3) is 0.700. The van der Waals surface area contributed by atoms with Gasteiger partial charge in [-0.2, -0.15) is 0 Å². The number of hydrogen-bond donors (Lipinski definition) is 1. The highest BCUT2D eigenvalue weighted by atomic mass is 16.2. The minimum Gasteiger partial charge on any atom is -0.335 e. The second-order valence-corrected chi connectivity index (χ2v) is 4.94. The molecule has 0 radical (unpaired) electrons. The largest absolute Gasteiger partial charge is 0.335 e. The Kier molecular flexibility index (Phi) is 2.06. The molecule has 0 bridgehead atoms. The van der Waals surface area contributed by atoms with Crippen LogP contribution in [0.15, 0.2) is 4.99 Å². The minimum absolute atomic E-state index is 0.0451. The molecule has 5 nitrogen and oxygen atoms in total. The Labute approximate surface area is 88.5 Å². The molecule has 0 aromatic carbocycles. The molecule has 0 saturated carbocycles. The SMILES string of the molecule is CC(C)(C)N1C=NC2C(=O)CC(=O)NC21. The lowest BCUT2D eigenvalue weighted by molar-refractivity contribution is -0.134. The number of nitrogens with one attached hydrogen (secondary N) is 1. The van der Waals surface area contributed by atoms with Crippen LogP contribution in [-0.4, -0.2) is 40.7 Å². The number of nitrogens with zero attached hydrogens (tertiary/aromatic N) is 2. The van der Waals surface area contributed by atoms with Crippen molar-refractivity contribution in [3.63, 3.8) is 0 Å². The van der Waals surface area contributed by atoms with Crippen LogP contribution in [0.5, 0.6) is 0 Å². The van der Waals surface area contributed by atoms with E-state index in [4.69, 9.17) is 0 Å². The number of hydrogen-bond acceptors (Lipinski definition) is 4. The molecule has 0 aromatic heterocycles. The molecule has 2 heterocycles. The van der Waals surface area contributed by atoms with Gasteiger partial charge in [0.05, 0.1) is 12.8 Å². The molecule has 2 rings (SSSR count). The summed E-state index contributed by atoms with van der Waals surface area (Å²) in [6.07, 6.45) is 1.33. The van der Waals surface area contributed by atoms with Crippen LogP contribution in [0.3, 0.4) is 0 Å². The van der Waals surface area contributed by atoms with Gasteiger partial charge in [0, 0.05) is 5.54 Å². The molecule has 5 heteroatoms. The molecule has 2 atom stereocenters. The van der Waals surface area contributed by atoms with Crippen LogP contribution in [0.1, 0.15) is 27.2 Å². The van der Waals surface area contributed by atoms with E-state index in [1.807, 2.05) is 25.7 Å². The van der Waals surface area contributed by atoms with Gasteiger partial charge in [0.15, 0.2) is 5.78 Å². The third-order valence-corrected chi connectivity index (χ3v) is 2.70. The predicted molar refractivity (Wildman–Crippen MR) is 55.4 cm³/mol. The normalized spacial score (nSPS) is 30.5. The number of aliphatic imine (C=N–C) groups is 1. The van der Waals surface area contributed by atoms with Crippen molar-refractivity contribution in [2.45, 2.75) is 44.9 Å². The standard InChI is InChI=1S/C10H15N3O2/c1-10(2,3)13-5-11-8-6(14)4-7(15)12-9(8)13/h5,8-9H,4H2,1-3H3,(H,12,15). The van der Waals surface area contributed by atoms with Crippen molar-refractivity contribution >= 4 is 18.0 Å². The van der Waals surface area contributed by atoms with E-state index in [0.29, 0.717) is 0 Å². The van der Waals surface area contributed by atoms with E-state index in [0.717, 1.165) is 0 Å². The van der Waals surface area contributed by atoms with Crippen molar-refractivity contribution < 1.29 is 9.59 Å². The van der Waals surface area contributed by atoms with E-state index >= 15 is 0 Å². The van der Waals surface area contributed by atoms with E-state index in [1.54, 1.807) is 6.34 Å². The lowest BCUT2D eigenvalue weighted by Crippen LogP contribution is -2.61. The summed E-state index contributed by atoms with van der Waals surface area (Å²) in [5.41, 5.74) is -0.145. The van der Waals surface area contributed by atoms with Crippen LogP contribution in [0.4, 0.5) is 0 Å². The number of piperidine rings is 1. The van der Waals surface area contributed by atoms with Crippen molar-refractivity contribution in [2.24, 2.45) is 4.99 Å². The number of carbonyl (C=O) groups excluding carboxylic acids is 2. The average molecular weight is 209 g/mol. The molecule has 15 heavy (non-hydrogen) atoms. The zero-order chi connectivity index (χ0) is 11.2. The first-order chi connectivity index (χ1) is 6.89. The Morgan fingerprint density at radius 3 is 2.73 bits per heavy atom. The van der Waals surface area contributed by atoms with Crippen molar-refractivity contribution in [3.05, 3.63) is 0 Å². The lowest BCUT2D eigenvalue weighted by atomic mass is 9.99. The van der Waals surface area contributed by atoms with Crippen LogP contribution in [0, 0.1) is 0 Å². The van der Waals surface area contributed by atoms with Crippen molar-refractivity contribution in [2.75, 3.05) is 0 Å². The highest BCUT2D eigenvalue weighted by molar-refractivity contribution is 6.05. The van der Waals surface area contributed by atoms with E-state index in [2.05, 4.69) is 10.3 Å². The Morgan fingerprint density at radius 2 is 2.13 bits per heavy atom. The molecule has 0 aliphatic carbocycles. The summed E-state index contributed by atoms with van der Waals surface area (Å²) in [4.78, 5) is 28.9. The van der Waals surface area contributed by atoms with Gasteiger partial charge in [-0.1, -0.05) is 0 Å². The fourth-order valence-corrected chi connectivity index (χ4v) is 1.93.